The molecular weight excluding hydrogens is 366 g/mol. The molecule has 1 fully saturated rings. The van der Waals surface area contributed by atoms with Crippen molar-refractivity contribution < 1.29 is 14.1 Å². The van der Waals surface area contributed by atoms with E-state index in [9.17, 15) is 9.59 Å². The van der Waals surface area contributed by atoms with Gasteiger partial charge in [0, 0.05) is 28.9 Å². The largest absolute Gasteiger partial charge is 0.360 e. The average molecular weight is 384 g/mol. The van der Waals surface area contributed by atoms with Gasteiger partial charge < -0.3 is 14.8 Å². The van der Waals surface area contributed by atoms with Gasteiger partial charge in [-0.15, -0.1) is 0 Å². The van der Waals surface area contributed by atoms with Gasteiger partial charge in [0.05, 0.1) is 5.56 Å². The zero-order valence-electron chi connectivity index (χ0n) is 14.7. The minimum Gasteiger partial charge on any atom is -0.360 e. The molecule has 2 aromatic heterocycles. The molecule has 2 N–H and O–H groups in total. The highest BCUT2D eigenvalue weighted by atomic mass is 35.5. The molecule has 0 aliphatic heterocycles. The molecule has 7 heteroatoms. The first-order chi connectivity index (χ1) is 13.0. The van der Waals surface area contributed by atoms with Gasteiger partial charge in [-0.2, -0.15) is 0 Å². The van der Waals surface area contributed by atoms with Crippen LogP contribution in [-0.2, 0) is 0 Å². The molecule has 4 rings (SSSR count). The Balaban J connectivity index is 1.60. The van der Waals surface area contributed by atoms with Crippen molar-refractivity contribution in [2.75, 3.05) is 6.54 Å². The van der Waals surface area contributed by atoms with Crippen LogP contribution in [0, 0.1) is 12.8 Å². The highest BCUT2D eigenvalue weighted by Gasteiger charge is 2.25. The molecule has 2 heterocycles. The molecule has 0 atom stereocenters. The number of aromatic amines is 1. The maximum atomic E-state index is 13.0. The number of carbonyl (C=O) groups excluding carboxylic acids is 2. The number of hydrogen-bond donors (Lipinski definition) is 2. The molecule has 0 unspecified atom stereocenters. The highest BCUT2D eigenvalue weighted by Crippen LogP contribution is 2.29. The number of aromatic nitrogens is 2. The van der Waals surface area contributed by atoms with Crippen LogP contribution < -0.4 is 5.32 Å². The van der Waals surface area contributed by atoms with Gasteiger partial charge in [-0.05, 0) is 43.9 Å². The van der Waals surface area contributed by atoms with Gasteiger partial charge in [0.2, 0.25) is 0 Å². The van der Waals surface area contributed by atoms with Gasteiger partial charge >= 0.3 is 0 Å². The summed E-state index contributed by atoms with van der Waals surface area (Å²) in [6.45, 7) is 2.36. The van der Waals surface area contributed by atoms with Crippen LogP contribution in [0.5, 0.6) is 0 Å². The Hall–Kier alpha value is -2.86. The van der Waals surface area contributed by atoms with E-state index in [0.717, 1.165) is 12.8 Å². The van der Waals surface area contributed by atoms with E-state index in [0.29, 0.717) is 51.3 Å². The quantitative estimate of drug-likeness (QED) is 0.629. The smallest absolute Gasteiger partial charge is 0.267 e. The summed E-state index contributed by atoms with van der Waals surface area (Å²) in [6.07, 6.45) is 3.85. The van der Waals surface area contributed by atoms with Crippen LogP contribution >= 0.6 is 11.6 Å². The van der Waals surface area contributed by atoms with E-state index < -0.39 is 0 Å². The Morgan fingerprint density at radius 2 is 2.15 bits per heavy atom. The summed E-state index contributed by atoms with van der Waals surface area (Å²) >= 11 is 6.05. The number of halogens is 1. The van der Waals surface area contributed by atoms with Gasteiger partial charge in [-0.3, -0.25) is 9.59 Å². The lowest BCUT2D eigenvalue weighted by Gasteiger charge is -2.02. The van der Waals surface area contributed by atoms with Crippen LogP contribution in [0.1, 0.15) is 45.0 Å². The maximum absolute atomic E-state index is 13.0. The van der Waals surface area contributed by atoms with E-state index in [2.05, 4.69) is 15.5 Å². The lowest BCUT2D eigenvalue weighted by Crippen LogP contribution is -2.25. The van der Waals surface area contributed by atoms with Crippen molar-refractivity contribution in [2.24, 2.45) is 5.92 Å². The maximum Gasteiger partial charge on any atom is 0.267 e. The SMILES string of the molecule is Cc1onc(-c2cccc(Cl)c2)c1C(=O)c1c[nH]c(C(=O)NCC2CC2)c1. The number of carbonyl (C=O) groups is 2. The second-order valence-corrected chi connectivity index (χ2v) is 7.19. The summed E-state index contributed by atoms with van der Waals surface area (Å²) in [5, 5.41) is 7.45. The number of benzene rings is 1. The summed E-state index contributed by atoms with van der Waals surface area (Å²) in [7, 11) is 0. The van der Waals surface area contributed by atoms with Crippen molar-refractivity contribution in [1.82, 2.24) is 15.5 Å². The summed E-state index contributed by atoms with van der Waals surface area (Å²) in [5.41, 5.74) is 2.22. The molecule has 1 aliphatic carbocycles. The molecule has 0 radical (unpaired) electrons. The Morgan fingerprint density at radius 3 is 2.89 bits per heavy atom. The predicted octanol–water partition coefficient (Wildman–Crippen LogP) is 4.00. The third-order valence-corrected chi connectivity index (χ3v) is 4.86. The second kappa shape index (κ2) is 7.04. The Morgan fingerprint density at radius 1 is 1.33 bits per heavy atom. The highest BCUT2D eigenvalue weighted by molar-refractivity contribution is 6.30. The predicted molar refractivity (Wildman–Crippen MR) is 101 cm³/mol. The van der Waals surface area contributed by atoms with E-state index in [1.807, 2.05) is 6.07 Å². The summed E-state index contributed by atoms with van der Waals surface area (Å²) in [6, 6.07) is 8.63. The van der Waals surface area contributed by atoms with Gasteiger partial charge in [0.15, 0.2) is 5.78 Å². The molecule has 6 nitrogen and oxygen atoms in total. The van der Waals surface area contributed by atoms with Crippen molar-refractivity contribution in [2.45, 2.75) is 19.8 Å². The van der Waals surface area contributed by atoms with Crippen molar-refractivity contribution >= 4 is 23.3 Å². The van der Waals surface area contributed by atoms with Crippen molar-refractivity contribution in [3.8, 4) is 11.3 Å². The fourth-order valence-corrected chi connectivity index (χ4v) is 3.12. The first-order valence-corrected chi connectivity index (χ1v) is 9.14. The summed E-state index contributed by atoms with van der Waals surface area (Å²) < 4.78 is 5.26. The number of hydrogen-bond acceptors (Lipinski definition) is 4. The molecule has 0 spiro atoms. The van der Waals surface area contributed by atoms with Crippen LogP contribution in [0.4, 0.5) is 0 Å². The fraction of sp³-hybridized carbons (Fsp3) is 0.250. The van der Waals surface area contributed by atoms with Gasteiger partial charge in [0.25, 0.3) is 5.91 Å². The normalized spacial score (nSPS) is 13.6. The van der Waals surface area contributed by atoms with E-state index in [4.69, 9.17) is 16.1 Å². The number of amides is 1. The van der Waals surface area contributed by atoms with Crippen LogP contribution in [0.3, 0.4) is 0 Å². The number of rotatable bonds is 6. The lowest BCUT2D eigenvalue weighted by atomic mass is 9.99. The number of nitrogens with one attached hydrogen (secondary N) is 2. The standard InChI is InChI=1S/C20H18ClN3O3/c1-11-17(18(24-27-11)13-3-2-4-15(21)7-13)19(25)14-8-16(22-10-14)20(26)23-9-12-5-6-12/h2-4,7-8,10,12,22H,5-6,9H2,1H3,(H,23,26). The summed E-state index contributed by atoms with van der Waals surface area (Å²) in [4.78, 5) is 28.1. The van der Waals surface area contributed by atoms with Crippen LogP contribution in [0.25, 0.3) is 11.3 Å². The molecular formula is C20H18ClN3O3. The topological polar surface area (TPSA) is 88.0 Å². The summed E-state index contributed by atoms with van der Waals surface area (Å²) in [5.74, 6) is 0.528. The molecule has 27 heavy (non-hydrogen) atoms. The molecule has 1 amide bonds. The third-order valence-electron chi connectivity index (χ3n) is 4.63. The molecule has 138 valence electrons. The number of H-pyrrole nitrogens is 1. The van der Waals surface area contributed by atoms with Gasteiger partial charge in [-0.1, -0.05) is 28.9 Å². The Labute approximate surface area is 160 Å². The van der Waals surface area contributed by atoms with Crippen molar-refractivity contribution in [3.63, 3.8) is 0 Å². The minimum absolute atomic E-state index is 0.210. The molecule has 1 aromatic carbocycles. The molecule has 0 bridgehead atoms. The van der Waals surface area contributed by atoms with Crippen LogP contribution in [-0.4, -0.2) is 28.4 Å². The third kappa shape index (κ3) is 3.66. The molecule has 0 saturated heterocycles. The van der Waals surface area contributed by atoms with E-state index in [1.165, 1.54) is 6.20 Å². The molecule has 3 aromatic rings. The first kappa shape index (κ1) is 17.5. The second-order valence-electron chi connectivity index (χ2n) is 6.76. The Bertz CT molecular complexity index is 1020. The van der Waals surface area contributed by atoms with Crippen LogP contribution in [0.2, 0.25) is 5.02 Å². The zero-order chi connectivity index (χ0) is 19.0. The fourth-order valence-electron chi connectivity index (χ4n) is 2.93. The number of ketones is 1. The minimum atomic E-state index is -0.263. The van der Waals surface area contributed by atoms with E-state index in [-0.39, 0.29) is 11.7 Å². The van der Waals surface area contributed by atoms with Crippen molar-refractivity contribution in [1.29, 1.82) is 0 Å². The Kier molecular flexibility index (Phi) is 4.58. The van der Waals surface area contributed by atoms with Gasteiger partial charge in [0.1, 0.15) is 17.1 Å². The first-order valence-electron chi connectivity index (χ1n) is 8.76. The van der Waals surface area contributed by atoms with E-state index >= 15 is 0 Å². The molecule has 1 saturated carbocycles. The lowest BCUT2D eigenvalue weighted by molar-refractivity contribution is 0.0947. The monoisotopic (exact) mass is 383 g/mol. The number of nitrogens with zero attached hydrogens (tertiary/aromatic N) is 1. The zero-order valence-corrected chi connectivity index (χ0v) is 15.5. The number of aryl methyl sites for hydroxylation is 1. The van der Waals surface area contributed by atoms with Crippen LogP contribution in [0.15, 0.2) is 41.1 Å². The molecule has 1 aliphatic rings. The average Bonchev–Trinajstić information content (AvgIpc) is 3.20. The van der Waals surface area contributed by atoms with E-state index in [1.54, 1.807) is 31.2 Å². The van der Waals surface area contributed by atoms with Crippen molar-refractivity contribution in [3.05, 3.63) is 64.1 Å². The van der Waals surface area contributed by atoms with Gasteiger partial charge in [-0.25, -0.2) is 0 Å².